The Labute approximate surface area is 134 Å². The molecule has 3 rings (SSSR count). The lowest BCUT2D eigenvalue weighted by molar-refractivity contribution is -0.169. The molecule has 5 atom stereocenters. The van der Waals surface area contributed by atoms with E-state index in [2.05, 4.69) is 15.6 Å². The van der Waals surface area contributed by atoms with E-state index in [1.807, 2.05) is 0 Å². The molecule has 0 bridgehead atoms. The number of hydrogen-bond acceptors (Lipinski definition) is 8. The highest BCUT2D eigenvalue weighted by atomic mass is 16.7. The number of nitrogens with one attached hydrogen (secondary N) is 1. The van der Waals surface area contributed by atoms with Crippen LogP contribution in [-0.2, 0) is 22.6 Å². The van der Waals surface area contributed by atoms with Crippen LogP contribution in [0, 0.1) is 0 Å². The molecule has 0 spiro atoms. The minimum atomic E-state index is -0.986. The third-order valence-electron chi connectivity index (χ3n) is 4.32. The fourth-order valence-corrected chi connectivity index (χ4v) is 2.99. The van der Waals surface area contributed by atoms with E-state index in [0.29, 0.717) is 18.8 Å². The molecule has 0 amide bonds. The summed E-state index contributed by atoms with van der Waals surface area (Å²) >= 11 is 0. The van der Waals surface area contributed by atoms with Crippen LogP contribution in [0.5, 0.6) is 0 Å². The lowest BCUT2D eigenvalue weighted by Gasteiger charge is -2.22. The molecule has 2 fully saturated rings. The minimum Gasteiger partial charge on any atom is -0.395 e. The average Bonchev–Trinajstić information content (AvgIpc) is 3.14. The second kappa shape index (κ2) is 7.65. The van der Waals surface area contributed by atoms with E-state index >= 15 is 0 Å². The SMILES string of the molecule is OC[C@H]1N[C@H](Cn2cc(COC3CCCCO3)nn2)[C@@H](O)[C@@H]1O. The van der Waals surface area contributed by atoms with Gasteiger partial charge in [-0.05, 0) is 19.3 Å². The van der Waals surface area contributed by atoms with Gasteiger partial charge in [0.15, 0.2) is 6.29 Å². The van der Waals surface area contributed by atoms with Crippen molar-refractivity contribution in [3.8, 4) is 0 Å². The van der Waals surface area contributed by atoms with Gasteiger partial charge in [-0.25, -0.2) is 0 Å². The third-order valence-corrected chi connectivity index (χ3v) is 4.32. The van der Waals surface area contributed by atoms with E-state index < -0.39 is 18.2 Å². The first kappa shape index (κ1) is 16.7. The maximum atomic E-state index is 9.97. The van der Waals surface area contributed by atoms with Crippen molar-refractivity contribution in [1.29, 1.82) is 0 Å². The highest BCUT2D eigenvalue weighted by molar-refractivity contribution is 4.99. The smallest absolute Gasteiger partial charge is 0.158 e. The molecule has 1 unspecified atom stereocenters. The maximum Gasteiger partial charge on any atom is 0.158 e. The third kappa shape index (κ3) is 4.06. The van der Waals surface area contributed by atoms with Gasteiger partial charge in [0.1, 0.15) is 5.69 Å². The molecule has 2 saturated heterocycles. The fourth-order valence-electron chi connectivity index (χ4n) is 2.99. The van der Waals surface area contributed by atoms with Crippen LogP contribution in [0.3, 0.4) is 0 Å². The summed E-state index contributed by atoms with van der Waals surface area (Å²) in [6.07, 6.45) is 2.71. The van der Waals surface area contributed by atoms with Gasteiger partial charge in [0, 0.05) is 6.61 Å². The van der Waals surface area contributed by atoms with Gasteiger partial charge in [-0.15, -0.1) is 5.10 Å². The Morgan fingerprint density at radius 3 is 2.83 bits per heavy atom. The van der Waals surface area contributed by atoms with E-state index in [4.69, 9.17) is 14.6 Å². The first-order chi connectivity index (χ1) is 11.2. The Kier molecular flexibility index (Phi) is 5.57. The molecule has 9 heteroatoms. The van der Waals surface area contributed by atoms with E-state index in [-0.39, 0.29) is 18.9 Å². The van der Waals surface area contributed by atoms with Gasteiger partial charge in [-0.2, -0.15) is 0 Å². The van der Waals surface area contributed by atoms with E-state index in [1.165, 1.54) is 0 Å². The molecule has 2 aliphatic rings. The number of rotatable bonds is 6. The maximum absolute atomic E-state index is 9.97. The zero-order valence-corrected chi connectivity index (χ0v) is 12.9. The molecule has 0 aliphatic carbocycles. The van der Waals surface area contributed by atoms with Crippen LogP contribution >= 0.6 is 0 Å². The van der Waals surface area contributed by atoms with Gasteiger partial charge in [-0.3, -0.25) is 4.68 Å². The van der Waals surface area contributed by atoms with E-state index in [0.717, 1.165) is 25.9 Å². The molecular weight excluding hydrogens is 304 g/mol. The monoisotopic (exact) mass is 328 g/mol. The van der Waals surface area contributed by atoms with Crippen LogP contribution in [0.4, 0.5) is 0 Å². The standard InChI is InChI=1S/C14H24N4O5/c19-7-11-14(21)13(20)10(15-11)6-18-5-9(16-17-18)8-23-12-3-1-2-4-22-12/h5,10-15,19-21H,1-4,6-8H2/t10-,11-,12?,13-,14-/m1/s1. The summed E-state index contributed by atoms with van der Waals surface area (Å²) in [7, 11) is 0. The molecule has 2 aliphatic heterocycles. The Morgan fingerprint density at radius 2 is 2.13 bits per heavy atom. The topological polar surface area (TPSA) is 122 Å². The summed E-state index contributed by atoms with van der Waals surface area (Å²) in [5.41, 5.74) is 0.686. The molecule has 1 aromatic heterocycles. The largest absolute Gasteiger partial charge is 0.395 e. The molecule has 23 heavy (non-hydrogen) atoms. The fraction of sp³-hybridized carbons (Fsp3) is 0.857. The normalized spacial score (nSPS) is 34.8. The summed E-state index contributed by atoms with van der Waals surface area (Å²) in [6.45, 7) is 1.18. The zero-order chi connectivity index (χ0) is 16.2. The molecule has 3 heterocycles. The van der Waals surface area contributed by atoms with Gasteiger partial charge < -0.3 is 30.1 Å². The van der Waals surface area contributed by atoms with Crippen LogP contribution in [0.2, 0.25) is 0 Å². The first-order valence-electron chi connectivity index (χ1n) is 8.02. The molecule has 0 radical (unpaired) electrons. The number of aromatic nitrogens is 3. The Hall–Kier alpha value is -1.10. The Morgan fingerprint density at radius 1 is 1.30 bits per heavy atom. The van der Waals surface area contributed by atoms with Gasteiger partial charge in [0.25, 0.3) is 0 Å². The van der Waals surface area contributed by atoms with Crippen LogP contribution in [-0.4, -0.2) is 74.1 Å². The highest BCUT2D eigenvalue weighted by Gasteiger charge is 2.40. The Bertz CT molecular complexity index is 493. The number of aliphatic hydroxyl groups excluding tert-OH is 3. The molecule has 4 N–H and O–H groups in total. The number of ether oxygens (including phenoxy) is 2. The minimum absolute atomic E-state index is 0.173. The van der Waals surface area contributed by atoms with Crippen LogP contribution in [0.25, 0.3) is 0 Å². The summed E-state index contributed by atoms with van der Waals surface area (Å²) < 4.78 is 12.7. The van der Waals surface area contributed by atoms with Crippen molar-refractivity contribution in [2.45, 2.75) is 63.0 Å². The molecule has 0 aromatic carbocycles. The predicted octanol–water partition coefficient (Wildman–Crippen LogP) is -1.62. The lowest BCUT2D eigenvalue weighted by Crippen LogP contribution is -2.38. The van der Waals surface area contributed by atoms with Crippen molar-refractivity contribution in [3.63, 3.8) is 0 Å². The van der Waals surface area contributed by atoms with Crippen molar-refractivity contribution >= 4 is 0 Å². The van der Waals surface area contributed by atoms with Crippen LogP contribution < -0.4 is 5.32 Å². The molecule has 130 valence electrons. The number of aliphatic hydroxyl groups is 3. The van der Waals surface area contributed by atoms with Gasteiger partial charge in [-0.1, -0.05) is 5.21 Å². The van der Waals surface area contributed by atoms with Crippen LogP contribution in [0.15, 0.2) is 6.20 Å². The highest BCUT2D eigenvalue weighted by Crippen LogP contribution is 2.17. The van der Waals surface area contributed by atoms with Crippen molar-refractivity contribution in [3.05, 3.63) is 11.9 Å². The molecule has 0 saturated carbocycles. The first-order valence-corrected chi connectivity index (χ1v) is 8.02. The summed E-state index contributed by atoms with van der Waals surface area (Å²) in [4.78, 5) is 0. The second-order valence-electron chi connectivity index (χ2n) is 6.08. The number of hydrogen-bond donors (Lipinski definition) is 4. The van der Waals surface area contributed by atoms with Gasteiger partial charge >= 0.3 is 0 Å². The van der Waals surface area contributed by atoms with Crippen molar-refractivity contribution in [2.75, 3.05) is 13.2 Å². The van der Waals surface area contributed by atoms with Crippen molar-refractivity contribution in [1.82, 2.24) is 20.3 Å². The van der Waals surface area contributed by atoms with E-state index in [9.17, 15) is 10.2 Å². The average molecular weight is 328 g/mol. The summed E-state index contributed by atoms with van der Waals surface area (Å²) in [6, 6.07) is -0.913. The summed E-state index contributed by atoms with van der Waals surface area (Å²) in [5.74, 6) is 0. The zero-order valence-electron chi connectivity index (χ0n) is 12.9. The van der Waals surface area contributed by atoms with E-state index in [1.54, 1.807) is 10.9 Å². The molecule has 9 nitrogen and oxygen atoms in total. The summed E-state index contributed by atoms with van der Waals surface area (Å²) in [5, 5.41) is 39.9. The quantitative estimate of drug-likeness (QED) is 0.491. The second-order valence-corrected chi connectivity index (χ2v) is 6.08. The van der Waals surface area contributed by atoms with Crippen molar-refractivity contribution < 1.29 is 24.8 Å². The number of nitrogens with zero attached hydrogens (tertiary/aromatic N) is 3. The lowest BCUT2D eigenvalue weighted by atomic mass is 10.1. The molecular formula is C14H24N4O5. The van der Waals surface area contributed by atoms with Crippen LogP contribution in [0.1, 0.15) is 25.0 Å². The predicted molar refractivity (Wildman–Crippen MR) is 78.2 cm³/mol. The Balaban J connectivity index is 1.49. The van der Waals surface area contributed by atoms with Crippen molar-refractivity contribution in [2.24, 2.45) is 0 Å². The molecule has 1 aromatic rings. The van der Waals surface area contributed by atoms with Gasteiger partial charge in [0.2, 0.25) is 0 Å². The van der Waals surface area contributed by atoms with Gasteiger partial charge in [0.05, 0.1) is 50.2 Å².